The molecule has 0 saturated carbocycles. The van der Waals surface area contributed by atoms with Gasteiger partial charge in [-0.1, -0.05) is 6.08 Å². The molecule has 0 aromatic heterocycles. The second-order valence-electron chi connectivity index (χ2n) is 2.22. The van der Waals surface area contributed by atoms with E-state index in [1.165, 1.54) is 6.08 Å². The first kappa shape index (κ1) is 6.86. The maximum atomic E-state index is 10.3. The van der Waals surface area contributed by atoms with Gasteiger partial charge in [0, 0.05) is 11.3 Å². The van der Waals surface area contributed by atoms with Gasteiger partial charge in [0.2, 0.25) is 0 Å². The summed E-state index contributed by atoms with van der Waals surface area (Å²) in [5, 5.41) is 8.50. The van der Waals surface area contributed by atoms with Gasteiger partial charge in [-0.2, -0.15) is 0 Å². The summed E-state index contributed by atoms with van der Waals surface area (Å²) in [4.78, 5) is 10.3. The van der Waals surface area contributed by atoms with Crippen LogP contribution in [0.25, 0.3) is 0 Å². The van der Waals surface area contributed by atoms with Crippen molar-refractivity contribution in [3.05, 3.63) is 23.4 Å². The third kappa shape index (κ3) is 1.37. The molecule has 1 rings (SSSR count). The molecule has 0 aromatic rings. The standard InChI is InChI=1S/C7H9NO2/c8-6-3-1-2-5(4-6)7(9)10/h3-4H,1-2,8H2,(H,9,10). The molecule has 0 unspecified atom stereocenters. The van der Waals surface area contributed by atoms with E-state index in [2.05, 4.69) is 0 Å². The van der Waals surface area contributed by atoms with Gasteiger partial charge in [-0.3, -0.25) is 0 Å². The molecular formula is C7H9NO2. The van der Waals surface area contributed by atoms with Crippen LogP contribution in [0.3, 0.4) is 0 Å². The molecule has 0 fully saturated rings. The van der Waals surface area contributed by atoms with Crippen LogP contribution >= 0.6 is 0 Å². The van der Waals surface area contributed by atoms with Crippen molar-refractivity contribution in [3.8, 4) is 0 Å². The Labute approximate surface area is 58.8 Å². The zero-order chi connectivity index (χ0) is 7.56. The fraction of sp³-hybridized carbons (Fsp3) is 0.286. The van der Waals surface area contributed by atoms with Crippen LogP contribution in [-0.2, 0) is 4.79 Å². The van der Waals surface area contributed by atoms with Crippen molar-refractivity contribution in [2.75, 3.05) is 0 Å². The predicted octanol–water partition coefficient (Wildman–Crippen LogP) is 0.634. The normalized spacial score (nSPS) is 17.6. The lowest BCUT2D eigenvalue weighted by Crippen LogP contribution is -2.07. The van der Waals surface area contributed by atoms with Gasteiger partial charge in [-0.25, -0.2) is 4.79 Å². The molecule has 3 N–H and O–H groups in total. The Morgan fingerprint density at radius 2 is 2.40 bits per heavy atom. The molecule has 3 heteroatoms. The number of carbonyl (C=O) groups is 1. The van der Waals surface area contributed by atoms with Crippen molar-refractivity contribution in [1.82, 2.24) is 0 Å². The first-order valence-electron chi connectivity index (χ1n) is 3.09. The molecule has 0 heterocycles. The predicted molar refractivity (Wildman–Crippen MR) is 37.2 cm³/mol. The van der Waals surface area contributed by atoms with Crippen LogP contribution in [0.1, 0.15) is 12.8 Å². The number of aliphatic carboxylic acids is 1. The van der Waals surface area contributed by atoms with Gasteiger partial charge in [0.1, 0.15) is 0 Å². The van der Waals surface area contributed by atoms with E-state index in [4.69, 9.17) is 10.8 Å². The zero-order valence-electron chi connectivity index (χ0n) is 5.50. The molecule has 54 valence electrons. The molecule has 1 aliphatic carbocycles. The Bertz CT molecular complexity index is 216. The lowest BCUT2D eigenvalue weighted by Gasteiger charge is -2.05. The van der Waals surface area contributed by atoms with Crippen LogP contribution in [0.15, 0.2) is 23.4 Å². The maximum Gasteiger partial charge on any atom is 0.331 e. The number of allylic oxidation sites excluding steroid dienone is 2. The van der Waals surface area contributed by atoms with Gasteiger partial charge >= 0.3 is 5.97 Å². The number of carboxylic acids is 1. The first-order chi connectivity index (χ1) is 4.70. The average Bonchev–Trinajstić information content (AvgIpc) is 1.88. The van der Waals surface area contributed by atoms with Crippen LogP contribution in [0.5, 0.6) is 0 Å². The van der Waals surface area contributed by atoms with E-state index in [9.17, 15) is 4.79 Å². The summed E-state index contributed by atoms with van der Waals surface area (Å²) < 4.78 is 0. The van der Waals surface area contributed by atoms with Gasteiger partial charge in [-0.05, 0) is 18.9 Å². The van der Waals surface area contributed by atoms with Crippen molar-refractivity contribution in [1.29, 1.82) is 0 Å². The van der Waals surface area contributed by atoms with Gasteiger partial charge in [0.25, 0.3) is 0 Å². The summed E-state index contributed by atoms with van der Waals surface area (Å²) >= 11 is 0. The second kappa shape index (κ2) is 2.56. The maximum absolute atomic E-state index is 10.3. The Balaban J connectivity index is 2.78. The second-order valence-corrected chi connectivity index (χ2v) is 2.22. The zero-order valence-corrected chi connectivity index (χ0v) is 5.50. The van der Waals surface area contributed by atoms with E-state index in [0.717, 1.165) is 6.42 Å². The molecule has 0 bridgehead atoms. The van der Waals surface area contributed by atoms with E-state index in [1.54, 1.807) is 0 Å². The van der Waals surface area contributed by atoms with E-state index < -0.39 is 5.97 Å². The quantitative estimate of drug-likeness (QED) is 0.560. The highest BCUT2D eigenvalue weighted by molar-refractivity contribution is 5.87. The molecule has 0 amide bonds. The summed E-state index contributed by atoms with van der Waals surface area (Å²) in [7, 11) is 0. The summed E-state index contributed by atoms with van der Waals surface area (Å²) in [5.74, 6) is -0.865. The van der Waals surface area contributed by atoms with Gasteiger partial charge in [0.15, 0.2) is 0 Å². The monoisotopic (exact) mass is 139 g/mol. The smallest absolute Gasteiger partial charge is 0.331 e. The highest BCUT2D eigenvalue weighted by Gasteiger charge is 2.09. The molecule has 10 heavy (non-hydrogen) atoms. The van der Waals surface area contributed by atoms with Gasteiger partial charge in [-0.15, -0.1) is 0 Å². The third-order valence-electron chi connectivity index (χ3n) is 1.41. The summed E-state index contributed by atoms with van der Waals surface area (Å²) in [6, 6.07) is 0. The third-order valence-corrected chi connectivity index (χ3v) is 1.41. The summed E-state index contributed by atoms with van der Waals surface area (Å²) in [6.07, 6.45) is 4.66. The molecular weight excluding hydrogens is 130 g/mol. The van der Waals surface area contributed by atoms with Gasteiger partial charge in [0.05, 0.1) is 0 Å². The molecule has 0 aromatic carbocycles. The average molecular weight is 139 g/mol. The lowest BCUT2D eigenvalue weighted by molar-refractivity contribution is -0.132. The minimum Gasteiger partial charge on any atom is -0.478 e. The minimum absolute atomic E-state index is 0.403. The number of rotatable bonds is 1. The van der Waals surface area contributed by atoms with Crippen molar-refractivity contribution in [2.24, 2.45) is 5.73 Å². The van der Waals surface area contributed by atoms with E-state index in [0.29, 0.717) is 17.7 Å². The van der Waals surface area contributed by atoms with Crippen molar-refractivity contribution >= 4 is 5.97 Å². The van der Waals surface area contributed by atoms with Crippen LogP contribution in [0.4, 0.5) is 0 Å². The molecule has 0 radical (unpaired) electrons. The molecule has 0 atom stereocenters. The topological polar surface area (TPSA) is 63.3 Å². The summed E-state index contributed by atoms with van der Waals surface area (Å²) in [6.45, 7) is 0. The summed E-state index contributed by atoms with van der Waals surface area (Å²) in [5.41, 5.74) is 6.35. The first-order valence-corrected chi connectivity index (χ1v) is 3.09. The molecule has 0 spiro atoms. The molecule has 0 aliphatic heterocycles. The number of hydrogen-bond donors (Lipinski definition) is 2. The Morgan fingerprint density at radius 1 is 1.70 bits per heavy atom. The van der Waals surface area contributed by atoms with Crippen LogP contribution in [0, 0.1) is 0 Å². The SMILES string of the molecule is NC1=CCCC(C(=O)O)=C1. The van der Waals surface area contributed by atoms with E-state index >= 15 is 0 Å². The highest BCUT2D eigenvalue weighted by Crippen LogP contribution is 2.13. The van der Waals surface area contributed by atoms with Crippen molar-refractivity contribution in [2.45, 2.75) is 12.8 Å². The Morgan fingerprint density at radius 3 is 2.80 bits per heavy atom. The van der Waals surface area contributed by atoms with Gasteiger partial charge < -0.3 is 10.8 Å². The number of hydrogen-bond acceptors (Lipinski definition) is 2. The molecule has 3 nitrogen and oxygen atoms in total. The fourth-order valence-electron chi connectivity index (χ4n) is 0.895. The number of carboxylic acid groups (broad SMARTS) is 1. The molecule has 0 saturated heterocycles. The van der Waals surface area contributed by atoms with Crippen molar-refractivity contribution < 1.29 is 9.90 Å². The van der Waals surface area contributed by atoms with E-state index in [-0.39, 0.29) is 0 Å². The fourth-order valence-corrected chi connectivity index (χ4v) is 0.895. The van der Waals surface area contributed by atoms with Crippen LogP contribution in [0.2, 0.25) is 0 Å². The lowest BCUT2D eigenvalue weighted by atomic mass is 10.0. The Kier molecular flexibility index (Phi) is 1.76. The molecule has 1 aliphatic rings. The largest absolute Gasteiger partial charge is 0.478 e. The van der Waals surface area contributed by atoms with E-state index in [1.807, 2.05) is 6.08 Å². The highest BCUT2D eigenvalue weighted by atomic mass is 16.4. The van der Waals surface area contributed by atoms with Crippen LogP contribution < -0.4 is 5.73 Å². The van der Waals surface area contributed by atoms with Crippen LogP contribution in [-0.4, -0.2) is 11.1 Å². The Hall–Kier alpha value is -1.25. The number of nitrogens with two attached hydrogens (primary N) is 1. The van der Waals surface area contributed by atoms with Crippen molar-refractivity contribution in [3.63, 3.8) is 0 Å². The minimum atomic E-state index is -0.865.